The van der Waals surface area contributed by atoms with Crippen molar-refractivity contribution >= 4 is 7.05 Å². The van der Waals surface area contributed by atoms with Gasteiger partial charge in [0.15, 0.2) is 0 Å². The first kappa shape index (κ1) is 8.83. The zero-order chi connectivity index (χ0) is 7.82. The van der Waals surface area contributed by atoms with E-state index < -0.39 is 0 Å². The van der Waals surface area contributed by atoms with Crippen molar-refractivity contribution in [3.63, 3.8) is 0 Å². The number of nitrogens with zero attached hydrogens (tertiary/aromatic N) is 2. The summed E-state index contributed by atoms with van der Waals surface area (Å²) in [7, 11) is 1.60. The van der Waals surface area contributed by atoms with Crippen molar-refractivity contribution in [2.75, 3.05) is 0 Å². The molecule has 0 fully saturated rings. The summed E-state index contributed by atoms with van der Waals surface area (Å²) in [5.41, 5.74) is 0.653. The summed E-state index contributed by atoms with van der Waals surface area (Å²) in [5, 5.41) is 8.26. The summed E-state index contributed by atoms with van der Waals surface area (Å²) in [4.78, 5) is 3.74. The van der Waals surface area contributed by atoms with Crippen LogP contribution in [0.2, 0.25) is 0 Å². The molecule has 10 heavy (non-hydrogen) atoms. The molecule has 0 N–H and O–H groups in total. The van der Waals surface area contributed by atoms with Crippen molar-refractivity contribution in [3.8, 4) is 6.07 Å². The Morgan fingerprint density at radius 2 is 2.30 bits per heavy atom. The minimum absolute atomic E-state index is 0.653. The van der Waals surface area contributed by atoms with E-state index in [2.05, 4.69) is 4.89 Å². The molecular formula is C7H9BN2. The van der Waals surface area contributed by atoms with Gasteiger partial charge in [-0.05, 0) is 0 Å². The van der Waals surface area contributed by atoms with Crippen LogP contribution in [-0.2, 0) is 0 Å². The molecule has 0 saturated heterocycles. The van der Waals surface area contributed by atoms with Crippen LogP contribution in [0.3, 0.4) is 0 Å². The number of aromatic nitrogens is 1. The molecule has 2 nitrogen and oxygen atoms in total. The zero-order valence-corrected chi connectivity index (χ0v) is 6.20. The van der Waals surface area contributed by atoms with Gasteiger partial charge in [-0.25, -0.2) is 0 Å². The molecule has 0 aromatic carbocycles. The number of hydrogen-bond acceptors (Lipinski definition) is 2. The fourth-order valence-corrected chi connectivity index (χ4v) is 0.426. The first-order chi connectivity index (χ1) is 4.93. The Bertz CT molecular complexity index is 203. The molecule has 1 rings (SSSR count). The molecule has 0 radical (unpaired) electrons. The van der Waals surface area contributed by atoms with Crippen LogP contribution in [0.1, 0.15) is 19.4 Å². The van der Waals surface area contributed by atoms with Crippen LogP contribution < -0.4 is 0 Å². The molecule has 0 aliphatic carbocycles. The Hall–Kier alpha value is -1.17. The molecule has 0 atom stereocenters. The van der Waals surface area contributed by atoms with E-state index in [1.807, 2.05) is 19.9 Å². The van der Waals surface area contributed by atoms with Gasteiger partial charge in [0.2, 0.25) is 0 Å². The third-order valence-electron chi connectivity index (χ3n) is 0.809. The van der Waals surface area contributed by atoms with Crippen LogP contribution in [-0.4, -0.2) is 11.9 Å². The van der Waals surface area contributed by atoms with Gasteiger partial charge in [-0.1, -0.05) is 13.8 Å². The van der Waals surface area contributed by atoms with Gasteiger partial charge in [0.05, 0.1) is 0 Å². The fraction of sp³-hybridized carbons (Fsp3) is 0.286. The molecule has 0 aliphatic rings. The van der Waals surface area contributed by atoms with Gasteiger partial charge in [-0.15, -0.1) is 0 Å². The van der Waals surface area contributed by atoms with Gasteiger partial charge in [0, 0.05) is 0 Å². The Morgan fingerprint density at radius 1 is 1.60 bits per heavy atom. The molecular weight excluding hydrogens is 123 g/mol. The average molecular weight is 132 g/mol. The summed E-state index contributed by atoms with van der Waals surface area (Å²) in [6, 6.07) is 3.65. The molecule has 1 aromatic heterocycles. The van der Waals surface area contributed by atoms with E-state index in [0.29, 0.717) is 5.56 Å². The maximum absolute atomic E-state index is 8.26. The minimum atomic E-state index is 0.653. The van der Waals surface area contributed by atoms with Crippen molar-refractivity contribution in [1.82, 2.24) is 4.89 Å². The van der Waals surface area contributed by atoms with E-state index >= 15 is 0 Å². The summed E-state index contributed by atoms with van der Waals surface area (Å²) < 4.78 is 0. The monoisotopic (exact) mass is 132 g/mol. The quantitative estimate of drug-likeness (QED) is 0.533. The molecule has 0 amide bonds. The Balaban J connectivity index is 0.000000371. The van der Waals surface area contributed by atoms with Crippen LogP contribution in [0, 0.1) is 11.3 Å². The SMILES string of the molecule is CC.N#Cc1cbncc1. The van der Waals surface area contributed by atoms with E-state index in [-0.39, 0.29) is 0 Å². The second-order valence-corrected chi connectivity index (χ2v) is 1.35. The summed E-state index contributed by atoms with van der Waals surface area (Å²) in [6.45, 7) is 4.00. The molecule has 0 saturated carbocycles. The van der Waals surface area contributed by atoms with Crippen molar-refractivity contribution in [1.29, 1.82) is 5.26 Å². The first-order valence-corrected chi connectivity index (χ1v) is 3.23. The van der Waals surface area contributed by atoms with Gasteiger partial charge in [-0.3, -0.25) is 0 Å². The molecule has 3 heteroatoms. The van der Waals surface area contributed by atoms with Gasteiger partial charge in [0.1, 0.15) is 0 Å². The maximum atomic E-state index is 8.26. The third kappa shape index (κ3) is 2.98. The van der Waals surface area contributed by atoms with E-state index in [4.69, 9.17) is 5.26 Å². The van der Waals surface area contributed by atoms with E-state index in [1.165, 1.54) is 0 Å². The van der Waals surface area contributed by atoms with Crippen LogP contribution in [0.5, 0.6) is 0 Å². The van der Waals surface area contributed by atoms with Crippen molar-refractivity contribution < 1.29 is 0 Å². The van der Waals surface area contributed by atoms with Crippen molar-refractivity contribution in [2.45, 2.75) is 13.8 Å². The Morgan fingerprint density at radius 3 is 2.60 bits per heavy atom. The number of rotatable bonds is 0. The molecule has 1 heterocycles. The van der Waals surface area contributed by atoms with Gasteiger partial charge in [0.25, 0.3) is 0 Å². The topological polar surface area (TPSA) is 36.7 Å². The summed E-state index contributed by atoms with van der Waals surface area (Å²) in [5.74, 6) is 1.67. The average Bonchev–Trinajstić information content (AvgIpc) is 2.10. The fourth-order valence-electron chi connectivity index (χ4n) is 0.426. The predicted octanol–water partition coefficient (Wildman–Crippen LogP) is 1.32. The molecule has 0 unspecified atom stereocenters. The van der Waals surface area contributed by atoms with Crippen molar-refractivity contribution in [2.24, 2.45) is 0 Å². The van der Waals surface area contributed by atoms with Gasteiger partial charge in [-0.2, -0.15) is 0 Å². The molecule has 50 valence electrons. The normalized spacial score (nSPS) is 6.50. The molecule has 0 spiro atoms. The zero-order valence-electron chi connectivity index (χ0n) is 6.20. The van der Waals surface area contributed by atoms with E-state index in [9.17, 15) is 0 Å². The van der Waals surface area contributed by atoms with Gasteiger partial charge < -0.3 is 0 Å². The first-order valence-electron chi connectivity index (χ1n) is 3.23. The predicted molar refractivity (Wildman–Crippen MR) is 41.6 cm³/mol. The molecule has 0 bridgehead atoms. The standard InChI is InChI=1S/C5H3BN2.C2H6/c7-4-5-1-2-8-6-3-5;1-2/h1-3H;1-2H3. The third-order valence-corrected chi connectivity index (χ3v) is 0.809. The summed E-state index contributed by atoms with van der Waals surface area (Å²) >= 11 is 0. The van der Waals surface area contributed by atoms with E-state index in [1.54, 1.807) is 25.3 Å². The van der Waals surface area contributed by atoms with Crippen LogP contribution >= 0.6 is 0 Å². The number of nitriles is 1. The van der Waals surface area contributed by atoms with Crippen LogP contribution in [0.4, 0.5) is 0 Å². The summed E-state index contributed by atoms with van der Waals surface area (Å²) in [6.07, 6.45) is 1.60. The second kappa shape index (κ2) is 5.96. The molecule has 0 aliphatic heterocycles. The van der Waals surface area contributed by atoms with Crippen LogP contribution in [0.15, 0.2) is 18.2 Å². The van der Waals surface area contributed by atoms with Crippen LogP contribution in [0.25, 0.3) is 0 Å². The Kier molecular flexibility index (Phi) is 5.27. The second-order valence-electron chi connectivity index (χ2n) is 1.35. The van der Waals surface area contributed by atoms with Gasteiger partial charge >= 0.3 is 47.1 Å². The van der Waals surface area contributed by atoms with E-state index in [0.717, 1.165) is 0 Å². The van der Waals surface area contributed by atoms with Crippen molar-refractivity contribution in [3.05, 3.63) is 23.8 Å². The Labute approximate surface area is 61.8 Å². The molecule has 1 aromatic rings. The number of hydrogen-bond donors (Lipinski definition) is 0.